The lowest BCUT2D eigenvalue weighted by Crippen LogP contribution is -2.42. The SMILES string of the molecule is CN(C(=O)c1ccc(C(F)(F)F)cn1)C1CCC(N)CC1. The fourth-order valence-corrected chi connectivity index (χ4v) is 2.52. The van der Waals surface area contributed by atoms with E-state index in [1.165, 1.54) is 0 Å². The molecular formula is C14H18F3N3O. The number of hydrogen-bond donors (Lipinski definition) is 1. The van der Waals surface area contributed by atoms with E-state index in [0.29, 0.717) is 6.20 Å². The Hall–Kier alpha value is -1.63. The van der Waals surface area contributed by atoms with E-state index in [1.807, 2.05) is 0 Å². The molecule has 0 radical (unpaired) electrons. The minimum Gasteiger partial charge on any atom is -0.337 e. The molecular weight excluding hydrogens is 283 g/mol. The summed E-state index contributed by atoms with van der Waals surface area (Å²) in [4.78, 5) is 17.4. The molecule has 1 aromatic rings. The molecule has 0 saturated heterocycles. The molecule has 1 fully saturated rings. The maximum absolute atomic E-state index is 12.5. The Morgan fingerprint density at radius 2 is 1.90 bits per heavy atom. The van der Waals surface area contributed by atoms with Crippen LogP contribution < -0.4 is 5.73 Å². The van der Waals surface area contributed by atoms with E-state index in [0.717, 1.165) is 37.8 Å². The Bertz CT molecular complexity index is 493. The zero-order chi connectivity index (χ0) is 15.6. The Kier molecular flexibility index (Phi) is 4.51. The van der Waals surface area contributed by atoms with Gasteiger partial charge in [0.05, 0.1) is 5.56 Å². The van der Waals surface area contributed by atoms with Gasteiger partial charge < -0.3 is 10.6 Å². The molecule has 0 aromatic carbocycles. The average Bonchev–Trinajstić information content (AvgIpc) is 2.46. The minimum atomic E-state index is -4.44. The van der Waals surface area contributed by atoms with Crippen molar-refractivity contribution in [1.29, 1.82) is 0 Å². The van der Waals surface area contributed by atoms with Gasteiger partial charge in [-0.1, -0.05) is 0 Å². The molecule has 0 bridgehead atoms. The van der Waals surface area contributed by atoms with Crippen LogP contribution in [-0.4, -0.2) is 34.9 Å². The molecule has 1 amide bonds. The fraction of sp³-hybridized carbons (Fsp3) is 0.571. The Balaban J connectivity index is 2.05. The monoisotopic (exact) mass is 301 g/mol. The highest BCUT2D eigenvalue weighted by Gasteiger charge is 2.31. The highest BCUT2D eigenvalue weighted by molar-refractivity contribution is 5.92. The van der Waals surface area contributed by atoms with Gasteiger partial charge in [-0.15, -0.1) is 0 Å². The topological polar surface area (TPSA) is 59.2 Å². The molecule has 0 aliphatic heterocycles. The van der Waals surface area contributed by atoms with Crippen LogP contribution in [0.15, 0.2) is 18.3 Å². The Morgan fingerprint density at radius 3 is 2.38 bits per heavy atom. The molecule has 0 unspecified atom stereocenters. The average molecular weight is 301 g/mol. The second-order valence-electron chi connectivity index (χ2n) is 5.41. The molecule has 0 spiro atoms. The molecule has 1 aliphatic carbocycles. The molecule has 0 atom stereocenters. The first-order valence-corrected chi connectivity index (χ1v) is 6.85. The molecule has 2 rings (SSSR count). The molecule has 1 saturated carbocycles. The van der Waals surface area contributed by atoms with Crippen LogP contribution in [0.3, 0.4) is 0 Å². The second-order valence-corrected chi connectivity index (χ2v) is 5.41. The van der Waals surface area contributed by atoms with Gasteiger partial charge in [0.1, 0.15) is 5.69 Å². The molecule has 1 aliphatic rings. The third-order valence-electron chi connectivity index (χ3n) is 3.92. The van der Waals surface area contributed by atoms with E-state index in [4.69, 9.17) is 5.73 Å². The first kappa shape index (κ1) is 15.8. The summed E-state index contributed by atoms with van der Waals surface area (Å²) in [5, 5.41) is 0. The van der Waals surface area contributed by atoms with Crippen LogP contribution in [0.4, 0.5) is 13.2 Å². The summed E-state index contributed by atoms with van der Waals surface area (Å²) in [6.07, 6.45) is -0.433. The predicted molar refractivity (Wildman–Crippen MR) is 71.6 cm³/mol. The largest absolute Gasteiger partial charge is 0.417 e. The smallest absolute Gasteiger partial charge is 0.337 e. The van der Waals surface area contributed by atoms with Crippen molar-refractivity contribution in [2.75, 3.05) is 7.05 Å². The van der Waals surface area contributed by atoms with E-state index in [-0.39, 0.29) is 23.7 Å². The van der Waals surface area contributed by atoms with Crippen LogP contribution in [-0.2, 0) is 6.18 Å². The van der Waals surface area contributed by atoms with Crippen LogP contribution in [0.2, 0.25) is 0 Å². The maximum atomic E-state index is 12.5. The molecule has 1 heterocycles. The number of nitrogens with two attached hydrogens (primary N) is 1. The third-order valence-corrected chi connectivity index (χ3v) is 3.92. The number of amides is 1. The minimum absolute atomic E-state index is 0.0281. The standard InChI is InChI=1S/C14H18F3N3O/c1-20(11-5-3-10(18)4-6-11)13(21)12-7-2-9(8-19-12)14(15,16)17/h2,7-8,10-11H,3-6,18H2,1H3. The van der Waals surface area contributed by atoms with E-state index in [1.54, 1.807) is 11.9 Å². The predicted octanol–water partition coefficient (Wildman–Crippen LogP) is 2.44. The number of alkyl halides is 3. The van der Waals surface area contributed by atoms with Crippen molar-refractivity contribution in [3.05, 3.63) is 29.6 Å². The highest BCUT2D eigenvalue weighted by Crippen LogP contribution is 2.28. The van der Waals surface area contributed by atoms with Crippen molar-refractivity contribution in [1.82, 2.24) is 9.88 Å². The van der Waals surface area contributed by atoms with Gasteiger partial charge in [0.15, 0.2) is 0 Å². The van der Waals surface area contributed by atoms with Crippen LogP contribution >= 0.6 is 0 Å². The van der Waals surface area contributed by atoms with Crippen molar-refractivity contribution in [2.45, 2.75) is 43.9 Å². The summed E-state index contributed by atoms with van der Waals surface area (Å²) >= 11 is 0. The Morgan fingerprint density at radius 1 is 1.29 bits per heavy atom. The van der Waals surface area contributed by atoms with Gasteiger partial charge in [-0.2, -0.15) is 13.2 Å². The number of pyridine rings is 1. The summed E-state index contributed by atoms with van der Waals surface area (Å²) in [5.74, 6) is -0.357. The second kappa shape index (κ2) is 6.01. The first-order valence-electron chi connectivity index (χ1n) is 6.85. The van der Waals surface area contributed by atoms with E-state index >= 15 is 0 Å². The number of aromatic nitrogens is 1. The van der Waals surface area contributed by atoms with Crippen molar-refractivity contribution in [3.63, 3.8) is 0 Å². The molecule has 4 nitrogen and oxygen atoms in total. The first-order chi connectivity index (χ1) is 9.79. The molecule has 1 aromatic heterocycles. The number of hydrogen-bond acceptors (Lipinski definition) is 3. The Labute approximate surface area is 121 Å². The van der Waals surface area contributed by atoms with E-state index < -0.39 is 11.7 Å². The van der Waals surface area contributed by atoms with Crippen molar-refractivity contribution >= 4 is 5.91 Å². The quantitative estimate of drug-likeness (QED) is 0.912. The van der Waals surface area contributed by atoms with E-state index in [2.05, 4.69) is 4.98 Å². The normalized spacial score (nSPS) is 22.9. The summed E-state index contributed by atoms with van der Waals surface area (Å²) in [5.41, 5.74) is 4.99. The van der Waals surface area contributed by atoms with Crippen LogP contribution in [0.5, 0.6) is 0 Å². The highest BCUT2D eigenvalue weighted by atomic mass is 19.4. The third kappa shape index (κ3) is 3.72. The van der Waals surface area contributed by atoms with Gasteiger partial charge in [0.25, 0.3) is 5.91 Å². The zero-order valence-electron chi connectivity index (χ0n) is 11.7. The molecule has 21 heavy (non-hydrogen) atoms. The molecule has 7 heteroatoms. The van der Waals surface area contributed by atoms with Gasteiger partial charge in [0.2, 0.25) is 0 Å². The fourth-order valence-electron chi connectivity index (χ4n) is 2.52. The summed E-state index contributed by atoms with van der Waals surface area (Å²) in [6, 6.07) is 2.25. The number of carbonyl (C=O) groups excluding carboxylic acids is 1. The summed E-state index contributed by atoms with van der Waals surface area (Å²) in [7, 11) is 1.66. The van der Waals surface area contributed by atoms with Gasteiger partial charge >= 0.3 is 6.18 Å². The lowest BCUT2D eigenvalue weighted by molar-refractivity contribution is -0.137. The number of nitrogens with zero attached hydrogens (tertiary/aromatic N) is 2. The maximum Gasteiger partial charge on any atom is 0.417 e. The lowest BCUT2D eigenvalue weighted by atomic mass is 9.91. The number of halogens is 3. The van der Waals surface area contributed by atoms with Gasteiger partial charge in [-0.25, -0.2) is 0 Å². The van der Waals surface area contributed by atoms with Crippen LogP contribution in [0, 0.1) is 0 Å². The lowest BCUT2D eigenvalue weighted by Gasteiger charge is -2.33. The van der Waals surface area contributed by atoms with E-state index in [9.17, 15) is 18.0 Å². The van der Waals surface area contributed by atoms with Gasteiger partial charge in [0, 0.05) is 25.3 Å². The summed E-state index contributed by atoms with van der Waals surface area (Å²) < 4.78 is 37.4. The molecule has 2 N–H and O–H groups in total. The van der Waals surface area contributed by atoms with Crippen molar-refractivity contribution in [2.24, 2.45) is 5.73 Å². The zero-order valence-corrected chi connectivity index (χ0v) is 11.7. The number of rotatable bonds is 2. The van der Waals surface area contributed by atoms with Crippen LogP contribution in [0.25, 0.3) is 0 Å². The van der Waals surface area contributed by atoms with Gasteiger partial charge in [-0.05, 0) is 37.8 Å². The number of carbonyl (C=O) groups is 1. The van der Waals surface area contributed by atoms with Crippen molar-refractivity contribution < 1.29 is 18.0 Å². The van der Waals surface area contributed by atoms with Crippen LogP contribution in [0.1, 0.15) is 41.7 Å². The van der Waals surface area contributed by atoms with Gasteiger partial charge in [-0.3, -0.25) is 9.78 Å². The molecule has 116 valence electrons. The summed E-state index contributed by atoms with van der Waals surface area (Å²) in [6.45, 7) is 0. The van der Waals surface area contributed by atoms with Crippen molar-refractivity contribution in [3.8, 4) is 0 Å².